The second-order valence-corrected chi connectivity index (χ2v) is 8.09. The zero-order valence-corrected chi connectivity index (χ0v) is 14.7. The number of carbonyl (C=O) groups is 2. The van der Waals surface area contributed by atoms with Gasteiger partial charge in [-0.2, -0.15) is 0 Å². The molecule has 0 unspecified atom stereocenters. The fourth-order valence-electron chi connectivity index (χ4n) is 3.37. The minimum atomic E-state index is -1.05. The van der Waals surface area contributed by atoms with Gasteiger partial charge in [-0.1, -0.05) is 20.8 Å². The second-order valence-electron chi connectivity index (χ2n) is 8.09. The van der Waals surface area contributed by atoms with Crippen LogP contribution in [0.4, 0.5) is 14.5 Å². The van der Waals surface area contributed by atoms with E-state index in [4.69, 9.17) is 0 Å². The summed E-state index contributed by atoms with van der Waals surface area (Å²) in [5.74, 6) is -2.37. The van der Waals surface area contributed by atoms with Crippen LogP contribution in [0.1, 0.15) is 50.4 Å². The van der Waals surface area contributed by atoms with Gasteiger partial charge >= 0.3 is 0 Å². The van der Waals surface area contributed by atoms with Gasteiger partial charge in [-0.25, -0.2) is 8.78 Å². The Labute approximate surface area is 145 Å². The number of anilines is 1. The third-order valence-electron chi connectivity index (χ3n) is 4.68. The summed E-state index contributed by atoms with van der Waals surface area (Å²) in [6, 6.07) is 1.92. The van der Waals surface area contributed by atoms with Gasteiger partial charge in [-0.05, 0) is 11.5 Å². The summed E-state index contributed by atoms with van der Waals surface area (Å²) in [4.78, 5) is 26.5. The van der Waals surface area contributed by atoms with Crippen molar-refractivity contribution in [3.05, 3.63) is 29.3 Å². The molecule has 1 spiro atoms. The summed E-state index contributed by atoms with van der Waals surface area (Å²) in [6.07, 6.45) is 1.48. The van der Waals surface area contributed by atoms with E-state index in [2.05, 4.69) is 10.6 Å². The molecule has 2 heterocycles. The highest BCUT2D eigenvalue weighted by molar-refractivity contribution is 6.02. The number of nitrogens with zero attached hydrogens (tertiary/aromatic N) is 1. The molecule has 1 aromatic rings. The zero-order valence-electron chi connectivity index (χ0n) is 14.7. The Balaban J connectivity index is 1.72. The van der Waals surface area contributed by atoms with Crippen LogP contribution in [-0.4, -0.2) is 35.5 Å². The second kappa shape index (κ2) is 5.97. The lowest BCUT2D eigenvalue weighted by atomic mass is 9.89. The van der Waals surface area contributed by atoms with Gasteiger partial charge in [0.2, 0.25) is 5.91 Å². The fourth-order valence-corrected chi connectivity index (χ4v) is 3.37. The topological polar surface area (TPSA) is 61.4 Å². The Morgan fingerprint density at radius 3 is 2.36 bits per heavy atom. The third-order valence-corrected chi connectivity index (χ3v) is 4.68. The van der Waals surface area contributed by atoms with Gasteiger partial charge in [0.15, 0.2) is 11.6 Å². The van der Waals surface area contributed by atoms with Gasteiger partial charge in [0.25, 0.3) is 5.91 Å². The molecular formula is C18H23F2N3O2. The fraction of sp³-hybridized carbons (Fsp3) is 0.556. The predicted octanol–water partition coefficient (Wildman–Crippen LogP) is 2.88. The number of piperidine rings is 1. The highest BCUT2D eigenvalue weighted by atomic mass is 19.2. The van der Waals surface area contributed by atoms with E-state index in [0.717, 1.165) is 12.1 Å². The number of hydrogen-bond acceptors (Lipinski definition) is 3. The van der Waals surface area contributed by atoms with Crippen LogP contribution in [0, 0.1) is 17.0 Å². The lowest BCUT2D eigenvalue weighted by molar-refractivity contribution is -0.134. The molecule has 0 aliphatic carbocycles. The smallest absolute Gasteiger partial charge is 0.255 e. The molecule has 3 rings (SSSR count). The molecule has 0 atom stereocenters. The minimum Gasteiger partial charge on any atom is -0.362 e. The first kappa shape index (κ1) is 17.6. The van der Waals surface area contributed by atoms with Crippen molar-refractivity contribution in [1.29, 1.82) is 0 Å². The van der Waals surface area contributed by atoms with Crippen LogP contribution in [0.25, 0.3) is 0 Å². The molecule has 1 aromatic carbocycles. The summed E-state index contributed by atoms with van der Waals surface area (Å²) in [5.41, 5.74) is -0.426. The molecule has 0 radical (unpaired) electrons. The third kappa shape index (κ3) is 3.60. The van der Waals surface area contributed by atoms with E-state index in [0.29, 0.717) is 32.4 Å². The van der Waals surface area contributed by atoms with Crippen LogP contribution >= 0.6 is 0 Å². The summed E-state index contributed by atoms with van der Waals surface area (Å²) in [7, 11) is 0. The molecule has 136 valence electrons. The Hall–Kier alpha value is -2.18. The van der Waals surface area contributed by atoms with E-state index in [-0.39, 0.29) is 22.6 Å². The van der Waals surface area contributed by atoms with Crippen molar-refractivity contribution >= 4 is 17.5 Å². The zero-order chi connectivity index (χ0) is 18.4. The van der Waals surface area contributed by atoms with Crippen molar-refractivity contribution < 1.29 is 18.4 Å². The number of nitrogens with one attached hydrogen (secondary N) is 2. The lowest BCUT2D eigenvalue weighted by Gasteiger charge is -2.46. The quantitative estimate of drug-likeness (QED) is 0.818. The molecule has 5 nitrogen and oxygen atoms in total. The average Bonchev–Trinajstić information content (AvgIpc) is 2.48. The van der Waals surface area contributed by atoms with E-state index in [1.54, 1.807) is 4.90 Å². The summed E-state index contributed by atoms with van der Waals surface area (Å²) >= 11 is 0. The largest absolute Gasteiger partial charge is 0.362 e. The van der Waals surface area contributed by atoms with Crippen molar-refractivity contribution in [2.75, 3.05) is 18.4 Å². The van der Waals surface area contributed by atoms with Crippen LogP contribution in [0.15, 0.2) is 12.1 Å². The van der Waals surface area contributed by atoms with E-state index < -0.39 is 23.2 Å². The van der Waals surface area contributed by atoms with Crippen LogP contribution in [0.5, 0.6) is 0 Å². The number of halogens is 2. The number of amides is 2. The number of hydrogen-bond donors (Lipinski definition) is 2. The maximum absolute atomic E-state index is 13.5. The van der Waals surface area contributed by atoms with Crippen LogP contribution in [0.3, 0.4) is 0 Å². The van der Waals surface area contributed by atoms with Crippen LogP contribution < -0.4 is 10.6 Å². The van der Waals surface area contributed by atoms with Gasteiger partial charge in [0, 0.05) is 38.4 Å². The van der Waals surface area contributed by atoms with E-state index >= 15 is 0 Å². The minimum absolute atomic E-state index is 0.0793. The first-order chi connectivity index (χ1) is 11.6. The monoisotopic (exact) mass is 351 g/mol. The van der Waals surface area contributed by atoms with E-state index in [9.17, 15) is 18.4 Å². The maximum atomic E-state index is 13.5. The molecule has 1 saturated heterocycles. The Bertz CT molecular complexity index is 720. The maximum Gasteiger partial charge on any atom is 0.255 e. The van der Waals surface area contributed by atoms with Gasteiger partial charge in [-0.15, -0.1) is 0 Å². The Morgan fingerprint density at radius 1 is 1.16 bits per heavy atom. The molecule has 7 heteroatoms. The molecular weight excluding hydrogens is 328 g/mol. The van der Waals surface area contributed by atoms with Gasteiger partial charge < -0.3 is 15.5 Å². The standard InChI is InChI=1S/C18H23F2N3O2/c1-17(2,3)10-15(24)23-6-4-18(5-7-23)21-14-9-13(20)12(19)8-11(14)16(25)22-18/h8-9,21H,4-7,10H2,1-3H3,(H,22,25). The highest BCUT2D eigenvalue weighted by Crippen LogP contribution is 2.33. The summed E-state index contributed by atoms with van der Waals surface area (Å²) < 4.78 is 26.9. The molecule has 2 aliphatic heterocycles. The van der Waals surface area contributed by atoms with Gasteiger partial charge in [0.05, 0.1) is 11.3 Å². The molecule has 0 saturated carbocycles. The van der Waals surface area contributed by atoms with Gasteiger partial charge in [0.1, 0.15) is 5.66 Å². The van der Waals surface area contributed by atoms with Crippen LogP contribution in [0.2, 0.25) is 0 Å². The normalized spacial score (nSPS) is 19.2. The summed E-state index contributed by atoms with van der Waals surface area (Å²) in [6.45, 7) is 7.06. The Kier molecular flexibility index (Phi) is 4.21. The predicted molar refractivity (Wildman–Crippen MR) is 90.1 cm³/mol. The molecule has 2 amide bonds. The van der Waals surface area contributed by atoms with Crippen LogP contribution in [-0.2, 0) is 4.79 Å². The van der Waals surface area contributed by atoms with Crippen molar-refractivity contribution in [3.8, 4) is 0 Å². The highest BCUT2D eigenvalue weighted by Gasteiger charge is 2.41. The van der Waals surface area contributed by atoms with E-state index in [1.165, 1.54) is 0 Å². The van der Waals surface area contributed by atoms with Crippen molar-refractivity contribution in [2.45, 2.75) is 45.7 Å². The molecule has 2 N–H and O–H groups in total. The first-order valence-electron chi connectivity index (χ1n) is 8.46. The Morgan fingerprint density at radius 2 is 1.76 bits per heavy atom. The number of likely N-dealkylation sites (tertiary alicyclic amines) is 1. The molecule has 2 aliphatic rings. The van der Waals surface area contributed by atoms with Crippen molar-refractivity contribution in [2.24, 2.45) is 5.41 Å². The number of rotatable bonds is 1. The summed E-state index contributed by atoms with van der Waals surface area (Å²) in [5, 5.41) is 6.01. The van der Waals surface area contributed by atoms with Gasteiger partial charge in [-0.3, -0.25) is 9.59 Å². The van der Waals surface area contributed by atoms with Crippen molar-refractivity contribution in [3.63, 3.8) is 0 Å². The SMILES string of the molecule is CC(C)(C)CC(=O)N1CCC2(CC1)NC(=O)c1cc(F)c(F)cc1N2. The van der Waals surface area contributed by atoms with E-state index in [1.807, 2.05) is 20.8 Å². The van der Waals surface area contributed by atoms with Crippen molar-refractivity contribution in [1.82, 2.24) is 10.2 Å². The number of carbonyl (C=O) groups excluding carboxylic acids is 2. The number of benzene rings is 1. The molecule has 25 heavy (non-hydrogen) atoms. The molecule has 0 aromatic heterocycles. The average molecular weight is 351 g/mol. The number of fused-ring (bicyclic) bond motifs is 1. The first-order valence-corrected chi connectivity index (χ1v) is 8.46. The lowest BCUT2D eigenvalue weighted by Crippen LogP contribution is -2.62. The molecule has 1 fully saturated rings. The molecule has 0 bridgehead atoms.